The van der Waals surface area contributed by atoms with E-state index >= 15 is 0 Å². The predicted octanol–water partition coefficient (Wildman–Crippen LogP) is 4.89. The van der Waals surface area contributed by atoms with Gasteiger partial charge >= 0.3 is 0 Å². The number of nitro groups is 1. The van der Waals surface area contributed by atoms with Gasteiger partial charge in [-0.15, -0.1) is 0 Å². The third-order valence-electron chi connectivity index (χ3n) is 3.58. The van der Waals surface area contributed by atoms with E-state index in [4.69, 9.17) is 0 Å². The summed E-state index contributed by atoms with van der Waals surface area (Å²) in [5.41, 5.74) is 5.13. The molecule has 2 aromatic rings. The average Bonchev–Trinajstić information content (AvgIpc) is 2.39. The Labute approximate surface area is 132 Å². The van der Waals surface area contributed by atoms with Gasteiger partial charge in [0.2, 0.25) is 0 Å². The number of nitro benzene ring substituents is 1. The van der Waals surface area contributed by atoms with E-state index in [-0.39, 0.29) is 10.6 Å². The van der Waals surface area contributed by atoms with E-state index in [2.05, 4.69) is 47.2 Å². The Morgan fingerprint density at radius 3 is 2.33 bits per heavy atom. The molecule has 110 valence electrons. The molecule has 1 N–H and O–H groups in total. The zero-order chi connectivity index (χ0) is 15.6. The zero-order valence-corrected chi connectivity index (χ0v) is 13.8. The van der Waals surface area contributed by atoms with Crippen LogP contribution in [0.4, 0.5) is 11.4 Å². The smallest absolute Gasteiger partial charge is 0.274 e. The maximum atomic E-state index is 11.0. The van der Waals surface area contributed by atoms with Crippen LogP contribution in [0, 0.1) is 30.9 Å². The summed E-state index contributed by atoms with van der Waals surface area (Å²) in [4.78, 5) is 10.7. The molecule has 0 saturated heterocycles. The third kappa shape index (κ3) is 3.42. The van der Waals surface area contributed by atoms with Crippen molar-refractivity contribution < 1.29 is 4.92 Å². The number of nitrogens with one attached hydrogen (secondary N) is 1. The molecule has 0 bridgehead atoms. The van der Waals surface area contributed by atoms with E-state index in [9.17, 15) is 10.1 Å². The Kier molecular flexibility index (Phi) is 4.63. The van der Waals surface area contributed by atoms with Crippen molar-refractivity contribution in [3.63, 3.8) is 0 Å². The first-order valence-corrected chi connectivity index (χ1v) is 7.43. The monoisotopic (exact) mass is 348 g/mol. The van der Waals surface area contributed by atoms with Crippen LogP contribution in [0.5, 0.6) is 0 Å². The summed E-state index contributed by atoms with van der Waals surface area (Å²) in [5, 5.41) is 14.3. The first-order valence-electron chi connectivity index (χ1n) is 6.63. The van der Waals surface area contributed by atoms with E-state index in [1.54, 1.807) is 19.1 Å². The number of benzene rings is 2. The van der Waals surface area contributed by atoms with Gasteiger partial charge in [0.05, 0.1) is 10.6 Å². The summed E-state index contributed by atoms with van der Waals surface area (Å²) in [5.74, 6) is 0. The molecule has 4 nitrogen and oxygen atoms in total. The highest BCUT2D eigenvalue weighted by Gasteiger charge is 2.14. The topological polar surface area (TPSA) is 55.2 Å². The van der Waals surface area contributed by atoms with Gasteiger partial charge < -0.3 is 5.32 Å². The summed E-state index contributed by atoms with van der Waals surface area (Å²) in [7, 11) is 0. The maximum Gasteiger partial charge on any atom is 0.274 e. The van der Waals surface area contributed by atoms with E-state index in [1.807, 2.05) is 6.07 Å². The zero-order valence-electron chi connectivity index (χ0n) is 12.2. The Balaban J connectivity index is 2.28. The van der Waals surface area contributed by atoms with Gasteiger partial charge in [-0.25, -0.2) is 0 Å². The maximum absolute atomic E-state index is 11.0. The molecule has 21 heavy (non-hydrogen) atoms. The van der Waals surface area contributed by atoms with E-state index in [0.717, 1.165) is 10.2 Å². The van der Waals surface area contributed by atoms with Gasteiger partial charge in [-0.2, -0.15) is 0 Å². The first kappa shape index (κ1) is 15.5. The molecule has 2 aromatic carbocycles. The van der Waals surface area contributed by atoms with Gasteiger partial charge in [-0.3, -0.25) is 10.1 Å². The van der Waals surface area contributed by atoms with Crippen molar-refractivity contribution in [1.29, 1.82) is 0 Å². The average molecular weight is 349 g/mol. The van der Waals surface area contributed by atoms with Crippen LogP contribution in [-0.4, -0.2) is 4.92 Å². The minimum absolute atomic E-state index is 0.127. The normalized spacial score (nSPS) is 10.5. The Morgan fingerprint density at radius 2 is 1.76 bits per heavy atom. The molecule has 0 saturated carbocycles. The lowest BCUT2D eigenvalue weighted by atomic mass is 10.0. The van der Waals surface area contributed by atoms with Crippen LogP contribution in [0.3, 0.4) is 0 Å². The fourth-order valence-electron chi connectivity index (χ4n) is 2.30. The van der Waals surface area contributed by atoms with Gasteiger partial charge in [-0.05, 0) is 59.5 Å². The van der Waals surface area contributed by atoms with Crippen molar-refractivity contribution in [3.05, 3.63) is 67.2 Å². The minimum atomic E-state index is -0.355. The number of rotatable bonds is 4. The molecule has 0 atom stereocenters. The van der Waals surface area contributed by atoms with E-state index in [0.29, 0.717) is 12.1 Å². The number of halogens is 1. The molecule has 0 aliphatic rings. The van der Waals surface area contributed by atoms with E-state index < -0.39 is 0 Å². The van der Waals surface area contributed by atoms with Crippen molar-refractivity contribution in [2.45, 2.75) is 27.3 Å². The molecule has 0 fully saturated rings. The summed E-state index contributed by atoms with van der Waals surface area (Å²) in [6.07, 6.45) is 0. The van der Waals surface area contributed by atoms with Crippen LogP contribution in [0.15, 0.2) is 34.8 Å². The highest BCUT2D eigenvalue weighted by molar-refractivity contribution is 9.10. The van der Waals surface area contributed by atoms with Crippen LogP contribution < -0.4 is 5.32 Å². The number of aryl methyl sites for hydroxylation is 3. The van der Waals surface area contributed by atoms with E-state index in [1.165, 1.54) is 16.7 Å². The molecule has 0 aliphatic carbocycles. The van der Waals surface area contributed by atoms with Crippen LogP contribution in [-0.2, 0) is 6.54 Å². The Bertz CT molecular complexity index is 679. The highest BCUT2D eigenvalue weighted by Crippen LogP contribution is 2.31. The molecule has 0 aliphatic heterocycles. The van der Waals surface area contributed by atoms with Gasteiger partial charge in [0.15, 0.2) is 0 Å². The van der Waals surface area contributed by atoms with Crippen molar-refractivity contribution in [2.24, 2.45) is 0 Å². The SMILES string of the molecule is Cc1cc(Br)c(NCc2c(C)cccc2C)cc1[N+](=O)[O-]. The lowest BCUT2D eigenvalue weighted by Gasteiger charge is -2.13. The predicted molar refractivity (Wildman–Crippen MR) is 88.8 cm³/mol. The van der Waals surface area contributed by atoms with Crippen molar-refractivity contribution >= 4 is 27.3 Å². The molecule has 2 rings (SSSR count). The fraction of sp³-hybridized carbons (Fsp3) is 0.250. The molecule has 0 amide bonds. The Morgan fingerprint density at radius 1 is 1.14 bits per heavy atom. The van der Waals surface area contributed by atoms with Crippen LogP contribution >= 0.6 is 15.9 Å². The standard InChI is InChI=1S/C16H17BrN2O2/c1-10-5-4-6-11(2)13(10)9-18-15-8-16(19(20)21)12(3)7-14(15)17/h4-8,18H,9H2,1-3H3. The molecule has 0 aromatic heterocycles. The van der Waals surface area contributed by atoms with Crippen LogP contribution in [0.1, 0.15) is 22.3 Å². The highest BCUT2D eigenvalue weighted by atomic mass is 79.9. The van der Waals surface area contributed by atoms with Crippen molar-refractivity contribution in [2.75, 3.05) is 5.32 Å². The number of hydrogen-bond acceptors (Lipinski definition) is 3. The molecule has 5 heteroatoms. The van der Waals surface area contributed by atoms with Gasteiger partial charge in [0, 0.05) is 22.6 Å². The number of nitrogens with zero attached hydrogens (tertiary/aromatic N) is 1. The summed E-state index contributed by atoms with van der Waals surface area (Å²) in [6.45, 7) is 6.50. The largest absolute Gasteiger partial charge is 0.380 e. The second-order valence-corrected chi connectivity index (χ2v) is 5.95. The second kappa shape index (κ2) is 6.26. The second-order valence-electron chi connectivity index (χ2n) is 5.10. The number of anilines is 1. The first-order chi connectivity index (χ1) is 9.90. The van der Waals surface area contributed by atoms with Crippen molar-refractivity contribution in [3.8, 4) is 0 Å². The molecule has 0 unspecified atom stereocenters. The van der Waals surface area contributed by atoms with Crippen LogP contribution in [0.2, 0.25) is 0 Å². The van der Waals surface area contributed by atoms with Crippen molar-refractivity contribution in [1.82, 2.24) is 0 Å². The Hall–Kier alpha value is -1.88. The van der Waals surface area contributed by atoms with Gasteiger partial charge in [-0.1, -0.05) is 18.2 Å². The minimum Gasteiger partial charge on any atom is -0.380 e. The van der Waals surface area contributed by atoms with Gasteiger partial charge in [0.1, 0.15) is 0 Å². The lowest BCUT2D eigenvalue weighted by molar-refractivity contribution is -0.385. The fourth-order valence-corrected chi connectivity index (χ4v) is 2.90. The third-order valence-corrected chi connectivity index (χ3v) is 4.24. The molecular formula is C16H17BrN2O2. The van der Waals surface area contributed by atoms with Crippen LogP contribution in [0.25, 0.3) is 0 Å². The molecule has 0 heterocycles. The molecule has 0 spiro atoms. The summed E-state index contributed by atoms with van der Waals surface area (Å²) >= 11 is 3.46. The molecular weight excluding hydrogens is 332 g/mol. The molecule has 0 radical (unpaired) electrons. The summed E-state index contributed by atoms with van der Waals surface area (Å²) < 4.78 is 0.830. The van der Waals surface area contributed by atoms with Gasteiger partial charge in [0.25, 0.3) is 5.69 Å². The quantitative estimate of drug-likeness (QED) is 0.631. The lowest BCUT2D eigenvalue weighted by Crippen LogP contribution is -2.05. The number of hydrogen-bond donors (Lipinski definition) is 1. The summed E-state index contributed by atoms with van der Waals surface area (Å²) in [6, 6.07) is 9.51.